The van der Waals surface area contributed by atoms with E-state index in [4.69, 9.17) is 5.73 Å². The Morgan fingerprint density at radius 2 is 2.22 bits per heavy atom. The lowest BCUT2D eigenvalue weighted by Gasteiger charge is -2.18. The first-order chi connectivity index (χ1) is 8.67. The fraction of sp³-hybridized carbons (Fsp3) is 0.455. The van der Waals surface area contributed by atoms with E-state index in [0.29, 0.717) is 18.0 Å². The van der Waals surface area contributed by atoms with Crippen LogP contribution in [0.3, 0.4) is 0 Å². The topological polar surface area (TPSA) is 87.5 Å². The molecule has 0 aliphatic heterocycles. The molecule has 0 saturated heterocycles. The number of hydrogen-bond acceptors (Lipinski definition) is 5. The van der Waals surface area contributed by atoms with Gasteiger partial charge in [-0.3, -0.25) is 25.3 Å². The van der Waals surface area contributed by atoms with Crippen LogP contribution < -0.4 is 16.6 Å². The second-order valence-corrected chi connectivity index (χ2v) is 4.58. The molecular weight excluding hydrogens is 252 g/mol. The predicted molar refractivity (Wildman–Crippen MR) is 71.1 cm³/mol. The van der Waals surface area contributed by atoms with Gasteiger partial charge in [0, 0.05) is 13.1 Å². The van der Waals surface area contributed by atoms with Crippen LogP contribution in [-0.4, -0.2) is 42.9 Å². The highest BCUT2D eigenvalue weighted by molar-refractivity contribution is 7.12. The van der Waals surface area contributed by atoms with Gasteiger partial charge in [-0.15, -0.1) is 11.3 Å². The fourth-order valence-corrected chi connectivity index (χ4v) is 1.99. The summed E-state index contributed by atoms with van der Waals surface area (Å²) in [4.78, 5) is 25.6. The Bertz CT molecular complexity index is 380. The van der Waals surface area contributed by atoms with Crippen molar-refractivity contribution in [3.05, 3.63) is 22.4 Å². The zero-order chi connectivity index (χ0) is 13.4. The lowest BCUT2D eigenvalue weighted by molar-refractivity contribution is -0.122. The van der Waals surface area contributed by atoms with Gasteiger partial charge < -0.3 is 5.73 Å². The van der Waals surface area contributed by atoms with Crippen molar-refractivity contribution in [3.63, 3.8) is 0 Å². The van der Waals surface area contributed by atoms with Gasteiger partial charge in [-0.05, 0) is 18.0 Å². The molecule has 6 nitrogen and oxygen atoms in total. The van der Waals surface area contributed by atoms with Crippen LogP contribution in [-0.2, 0) is 4.79 Å². The number of rotatable bonds is 6. The highest BCUT2D eigenvalue weighted by Crippen LogP contribution is 2.06. The minimum absolute atomic E-state index is 0.221. The van der Waals surface area contributed by atoms with Crippen molar-refractivity contribution >= 4 is 23.2 Å². The average molecular weight is 270 g/mol. The Morgan fingerprint density at radius 1 is 1.44 bits per heavy atom. The van der Waals surface area contributed by atoms with Crippen molar-refractivity contribution in [3.8, 4) is 0 Å². The monoisotopic (exact) mass is 270 g/mol. The fourth-order valence-electron chi connectivity index (χ4n) is 1.37. The van der Waals surface area contributed by atoms with Gasteiger partial charge in [-0.1, -0.05) is 13.0 Å². The molecule has 0 unspecified atom stereocenters. The highest BCUT2D eigenvalue weighted by atomic mass is 32.1. The predicted octanol–water partition coefficient (Wildman–Crippen LogP) is -0.210. The SMILES string of the molecule is CCN(CCN)CC(=O)NNC(=O)c1cccs1. The number of hydrazine groups is 1. The molecule has 0 aliphatic carbocycles. The van der Waals surface area contributed by atoms with E-state index in [9.17, 15) is 9.59 Å². The molecular formula is C11H18N4O2S. The zero-order valence-corrected chi connectivity index (χ0v) is 11.1. The third-order valence-electron chi connectivity index (χ3n) is 2.32. The number of nitrogens with two attached hydrogens (primary N) is 1. The maximum absolute atomic E-state index is 11.6. The largest absolute Gasteiger partial charge is 0.329 e. The van der Waals surface area contributed by atoms with Gasteiger partial charge in [-0.2, -0.15) is 0 Å². The van der Waals surface area contributed by atoms with E-state index in [1.165, 1.54) is 11.3 Å². The first-order valence-electron chi connectivity index (χ1n) is 5.72. The number of thiophene rings is 1. The molecule has 0 saturated carbocycles. The summed E-state index contributed by atoms with van der Waals surface area (Å²) in [5, 5.41) is 1.80. The number of amides is 2. The molecule has 1 rings (SSSR count). The maximum Gasteiger partial charge on any atom is 0.279 e. The molecule has 1 heterocycles. The molecule has 7 heteroatoms. The van der Waals surface area contributed by atoms with Crippen LogP contribution in [0.4, 0.5) is 0 Å². The van der Waals surface area contributed by atoms with Gasteiger partial charge in [0.15, 0.2) is 0 Å². The third kappa shape index (κ3) is 4.82. The molecule has 18 heavy (non-hydrogen) atoms. The van der Waals surface area contributed by atoms with E-state index in [2.05, 4.69) is 10.9 Å². The summed E-state index contributed by atoms with van der Waals surface area (Å²) in [6.45, 7) is 4.07. The lowest BCUT2D eigenvalue weighted by Crippen LogP contribution is -2.47. The first-order valence-corrected chi connectivity index (χ1v) is 6.60. The van der Waals surface area contributed by atoms with Crippen LogP contribution in [0, 0.1) is 0 Å². The molecule has 0 fully saturated rings. The van der Waals surface area contributed by atoms with Gasteiger partial charge >= 0.3 is 0 Å². The van der Waals surface area contributed by atoms with Gasteiger partial charge in [0.25, 0.3) is 11.8 Å². The summed E-state index contributed by atoms with van der Waals surface area (Å²) >= 11 is 1.32. The number of carbonyl (C=O) groups is 2. The van der Waals surface area contributed by atoms with Crippen LogP contribution in [0.15, 0.2) is 17.5 Å². The molecule has 0 bridgehead atoms. The van der Waals surface area contributed by atoms with E-state index in [0.717, 1.165) is 6.54 Å². The Labute approximate surface area is 110 Å². The first kappa shape index (κ1) is 14.6. The van der Waals surface area contributed by atoms with Gasteiger partial charge in [-0.25, -0.2) is 0 Å². The highest BCUT2D eigenvalue weighted by Gasteiger charge is 2.10. The normalized spacial score (nSPS) is 10.4. The standard InChI is InChI=1S/C11H18N4O2S/c1-2-15(6-5-12)8-10(16)13-14-11(17)9-4-3-7-18-9/h3-4,7H,2,5-6,8,12H2,1H3,(H,13,16)(H,14,17). The summed E-state index contributed by atoms with van der Waals surface area (Å²) in [5.41, 5.74) is 10.2. The second-order valence-electron chi connectivity index (χ2n) is 3.64. The number of likely N-dealkylation sites (N-methyl/N-ethyl adjacent to an activating group) is 1. The Kier molecular flexibility index (Phi) is 6.34. The van der Waals surface area contributed by atoms with Crippen molar-refractivity contribution in [1.82, 2.24) is 15.8 Å². The number of nitrogens with one attached hydrogen (secondary N) is 2. The zero-order valence-electron chi connectivity index (χ0n) is 10.3. The van der Waals surface area contributed by atoms with E-state index in [-0.39, 0.29) is 18.4 Å². The molecule has 4 N–H and O–H groups in total. The van der Waals surface area contributed by atoms with Crippen molar-refractivity contribution < 1.29 is 9.59 Å². The van der Waals surface area contributed by atoms with E-state index in [1.54, 1.807) is 17.5 Å². The van der Waals surface area contributed by atoms with E-state index < -0.39 is 0 Å². The molecule has 1 aromatic rings. The van der Waals surface area contributed by atoms with Crippen LogP contribution in [0.2, 0.25) is 0 Å². The molecule has 0 atom stereocenters. The summed E-state index contributed by atoms with van der Waals surface area (Å²) in [5.74, 6) is -0.560. The third-order valence-corrected chi connectivity index (χ3v) is 3.19. The average Bonchev–Trinajstić information content (AvgIpc) is 2.89. The molecule has 0 aliphatic rings. The van der Waals surface area contributed by atoms with E-state index >= 15 is 0 Å². The maximum atomic E-state index is 11.6. The Balaban J connectivity index is 2.30. The summed E-state index contributed by atoms with van der Waals surface area (Å²) in [6, 6.07) is 3.47. The molecule has 1 aromatic heterocycles. The quantitative estimate of drug-likeness (QED) is 0.624. The molecule has 0 spiro atoms. The lowest BCUT2D eigenvalue weighted by atomic mass is 10.4. The molecule has 2 amide bonds. The Hall–Kier alpha value is -1.44. The Morgan fingerprint density at radius 3 is 2.78 bits per heavy atom. The van der Waals surface area contributed by atoms with E-state index in [1.807, 2.05) is 11.8 Å². The number of nitrogens with zero attached hydrogens (tertiary/aromatic N) is 1. The van der Waals surface area contributed by atoms with Crippen LogP contribution in [0.1, 0.15) is 16.6 Å². The smallest absolute Gasteiger partial charge is 0.279 e. The van der Waals surface area contributed by atoms with Gasteiger partial charge in [0.1, 0.15) is 0 Å². The minimum atomic E-state index is -0.305. The molecule has 0 aromatic carbocycles. The minimum Gasteiger partial charge on any atom is -0.329 e. The summed E-state index contributed by atoms with van der Waals surface area (Å²) in [6.07, 6.45) is 0. The van der Waals surface area contributed by atoms with Crippen molar-refractivity contribution in [2.45, 2.75) is 6.92 Å². The second kappa shape index (κ2) is 7.80. The van der Waals surface area contributed by atoms with Crippen molar-refractivity contribution in [2.75, 3.05) is 26.2 Å². The number of hydrogen-bond donors (Lipinski definition) is 3. The van der Waals surface area contributed by atoms with Gasteiger partial charge in [0.05, 0.1) is 11.4 Å². The van der Waals surface area contributed by atoms with Crippen LogP contribution in [0.5, 0.6) is 0 Å². The molecule has 100 valence electrons. The van der Waals surface area contributed by atoms with Crippen LogP contribution >= 0.6 is 11.3 Å². The van der Waals surface area contributed by atoms with Crippen molar-refractivity contribution in [2.24, 2.45) is 5.73 Å². The number of carbonyl (C=O) groups excluding carboxylic acids is 2. The van der Waals surface area contributed by atoms with Crippen molar-refractivity contribution in [1.29, 1.82) is 0 Å². The molecule has 0 radical (unpaired) electrons. The van der Waals surface area contributed by atoms with Crippen LogP contribution in [0.25, 0.3) is 0 Å². The van der Waals surface area contributed by atoms with Gasteiger partial charge in [0.2, 0.25) is 0 Å². The summed E-state index contributed by atoms with van der Waals surface area (Å²) < 4.78 is 0. The summed E-state index contributed by atoms with van der Waals surface area (Å²) in [7, 11) is 0.